The smallest absolute Gasteiger partial charge is 0.287 e. The third kappa shape index (κ3) is 3.24. The van der Waals surface area contributed by atoms with Gasteiger partial charge in [0.15, 0.2) is 5.76 Å². The zero-order valence-electron chi connectivity index (χ0n) is 14.1. The van der Waals surface area contributed by atoms with Crippen molar-refractivity contribution >= 4 is 28.8 Å². The molecule has 1 saturated heterocycles. The summed E-state index contributed by atoms with van der Waals surface area (Å²) < 4.78 is 9.61. The zero-order chi connectivity index (χ0) is 18.8. The monoisotopic (exact) mass is 369 g/mol. The maximum atomic E-state index is 12.8. The van der Waals surface area contributed by atoms with E-state index in [1.807, 2.05) is 0 Å². The molecule has 0 bridgehead atoms. The molecule has 0 aliphatic carbocycles. The summed E-state index contributed by atoms with van der Waals surface area (Å²) in [5.74, 6) is -1.09. The Morgan fingerprint density at radius 3 is 2.70 bits per heavy atom. The Morgan fingerprint density at radius 2 is 1.89 bits per heavy atom. The van der Waals surface area contributed by atoms with Gasteiger partial charge in [0.2, 0.25) is 0 Å². The molecule has 3 aromatic rings. The molecule has 2 aromatic heterocycles. The van der Waals surface area contributed by atoms with Gasteiger partial charge in [0.05, 0.1) is 12.8 Å². The van der Waals surface area contributed by atoms with Crippen molar-refractivity contribution < 1.29 is 23.4 Å². The molecular formula is C17H15N5O5. The minimum Gasteiger partial charge on any atom is -0.459 e. The molecule has 1 aliphatic rings. The molecule has 10 nitrogen and oxygen atoms in total. The first-order valence-electron chi connectivity index (χ1n) is 8.29. The number of furan rings is 1. The number of hydrogen-bond donors (Lipinski definition) is 1. The van der Waals surface area contributed by atoms with Crippen LogP contribution in [0.1, 0.15) is 27.3 Å². The summed E-state index contributed by atoms with van der Waals surface area (Å²) in [5, 5.41) is 12.6. The summed E-state index contributed by atoms with van der Waals surface area (Å²) in [4.78, 5) is 37.2. The van der Waals surface area contributed by atoms with E-state index in [1.54, 1.807) is 24.3 Å². The fourth-order valence-corrected chi connectivity index (χ4v) is 2.89. The number of carbonyl (C=O) groups excluding carboxylic acids is 3. The first-order chi connectivity index (χ1) is 13.1. The number of fused-ring (bicyclic) bond motifs is 1. The van der Waals surface area contributed by atoms with E-state index < -0.39 is 5.91 Å². The van der Waals surface area contributed by atoms with Crippen molar-refractivity contribution in [2.75, 3.05) is 19.6 Å². The number of hydrogen-bond acceptors (Lipinski definition) is 7. The molecule has 10 heteroatoms. The van der Waals surface area contributed by atoms with E-state index in [2.05, 4.69) is 20.3 Å². The van der Waals surface area contributed by atoms with E-state index in [1.165, 1.54) is 22.3 Å². The molecule has 0 atom stereocenters. The lowest BCUT2D eigenvalue weighted by Crippen LogP contribution is -2.48. The van der Waals surface area contributed by atoms with Gasteiger partial charge in [-0.2, -0.15) is 0 Å². The van der Waals surface area contributed by atoms with Crippen molar-refractivity contribution in [1.82, 2.24) is 25.6 Å². The largest absolute Gasteiger partial charge is 0.459 e. The van der Waals surface area contributed by atoms with Crippen molar-refractivity contribution in [3.8, 4) is 0 Å². The SMILES string of the molecule is O=C(NCC(=O)N1CCCN1C(=O)c1ccc2nonc2c1)c1ccco1. The third-order valence-electron chi connectivity index (χ3n) is 4.20. The summed E-state index contributed by atoms with van der Waals surface area (Å²) in [5.41, 5.74) is 1.38. The van der Waals surface area contributed by atoms with Crippen LogP contribution in [0.15, 0.2) is 45.6 Å². The van der Waals surface area contributed by atoms with Crippen LogP contribution in [0.5, 0.6) is 0 Å². The molecule has 1 fully saturated rings. The third-order valence-corrected chi connectivity index (χ3v) is 4.20. The van der Waals surface area contributed by atoms with Crippen LogP contribution in [0.3, 0.4) is 0 Å². The minimum absolute atomic E-state index is 0.117. The highest BCUT2D eigenvalue weighted by Crippen LogP contribution is 2.18. The molecule has 0 radical (unpaired) electrons. The van der Waals surface area contributed by atoms with Gasteiger partial charge in [-0.05, 0) is 47.1 Å². The van der Waals surface area contributed by atoms with Crippen LogP contribution in [-0.2, 0) is 4.79 Å². The molecule has 0 unspecified atom stereocenters. The average Bonchev–Trinajstić information content (AvgIpc) is 3.45. The molecule has 4 rings (SSSR count). The Bertz CT molecular complexity index is 996. The van der Waals surface area contributed by atoms with Crippen LogP contribution >= 0.6 is 0 Å². The molecule has 3 heterocycles. The molecule has 138 valence electrons. The first kappa shape index (κ1) is 16.8. The second-order valence-corrected chi connectivity index (χ2v) is 5.93. The first-order valence-corrected chi connectivity index (χ1v) is 8.29. The fourth-order valence-electron chi connectivity index (χ4n) is 2.89. The van der Waals surface area contributed by atoms with Gasteiger partial charge in [-0.15, -0.1) is 0 Å². The summed E-state index contributed by atoms with van der Waals surface area (Å²) >= 11 is 0. The number of carbonyl (C=O) groups is 3. The Morgan fingerprint density at radius 1 is 1.07 bits per heavy atom. The van der Waals surface area contributed by atoms with Crippen LogP contribution in [-0.4, -0.2) is 57.7 Å². The van der Waals surface area contributed by atoms with E-state index in [9.17, 15) is 14.4 Å². The van der Waals surface area contributed by atoms with Gasteiger partial charge >= 0.3 is 0 Å². The lowest BCUT2D eigenvalue weighted by molar-refractivity contribution is -0.139. The van der Waals surface area contributed by atoms with Crippen LogP contribution in [0, 0.1) is 0 Å². The molecule has 0 saturated carbocycles. The van der Waals surface area contributed by atoms with E-state index in [4.69, 9.17) is 4.42 Å². The molecule has 1 aliphatic heterocycles. The van der Waals surface area contributed by atoms with Crippen molar-refractivity contribution in [3.05, 3.63) is 47.9 Å². The average molecular weight is 369 g/mol. The van der Waals surface area contributed by atoms with Gasteiger partial charge in [-0.1, -0.05) is 0 Å². The Kier molecular flexibility index (Phi) is 4.29. The predicted octanol–water partition coefficient (Wildman–Crippen LogP) is 0.835. The van der Waals surface area contributed by atoms with Gasteiger partial charge in [0.1, 0.15) is 11.0 Å². The highest BCUT2D eigenvalue weighted by Gasteiger charge is 2.31. The maximum absolute atomic E-state index is 12.8. The quantitative estimate of drug-likeness (QED) is 0.723. The molecule has 0 spiro atoms. The van der Waals surface area contributed by atoms with E-state index >= 15 is 0 Å². The Hall–Kier alpha value is -3.69. The lowest BCUT2D eigenvalue weighted by atomic mass is 10.2. The van der Waals surface area contributed by atoms with E-state index in [-0.39, 0.29) is 24.1 Å². The number of nitrogens with one attached hydrogen (secondary N) is 1. The summed E-state index contributed by atoms with van der Waals surface area (Å²) in [6.45, 7) is 0.566. The van der Waals surface area contributed by atoms with Gasteiger partial charge in [-0.3, -0.25) is 14.4 Å². The molecule has 1 N–H and O–H groups in total. The molecule has 1 aromatic carbocycles. The van der Waals surface area contributed by atoms with Gasteiger partial charge < -0.3 is 9.73 Å². The van der Waals surface area contributed by atoms with Crippen LogP contribution < -0.4 is 5.32 Å². The molecular weight excluding hydrogens is 354 g/mol. The highest BCUT2D eigenvalue weighted by molar-refractivity contribution is 5.99. The summed E-state index contributed by atoms with van der Waals surface area (Å²) in [6, 6.07) is 7.88. The van der Waals surface area contributed by atoms with Gasteiger partial charge in [-0.25, -0.2) is 14.6 Å². The number of nitrogens with zero attached hydrogens (tertiary/aromatic N) is 4. The zero-order valence-corrected chi connectivity index (χ0v) is 14.1. The lowest BCUT2D eigenvalue weighted by Gasteiger charge is -2.28. The van der Waals surface area contributed by atoms with Crippen molar-refractivity contribution in [2.24, 2.45) is 0 Å². The summed E-state index contributed by atoms with van der Waals surface area (Å²) in [6.07, 6.45) is 2.02. The maximum Gasteiger partial charge on any atom is 0.287 e. The fraction of sp³-hybridized carbons (Fsp3) is 0.235. The van der Waals surface area contributed by atoms with Crippen LogP contribution in [0.2, 0.25) is 0 Å². The van der Waals surface area contributed by atoms with Crippen molar-refractivity contribution in [2.45, 2.75) is 6.42 Å². The van der Waals surface area contributed by atoms with Gasteiger partial charge in [0, 0.05) is 18.7 Å². The molecule has 27 heavy (non-hydrogen) atoms. The Balaban J connectivity index is 1.43. The number of amides is 3. The standard InChI is InChI=1S/C17H15N5O5/c23-15(10-18-16(24)14-3-1-8-26-14)21-6-2-7-22(21)17(25)11-4-5-12-13(9-11)20-27-19-12/h1,3-5,8-9H,2,6-7,10H2,(H,18,24). The number of hydrazine groups is 1. The minimum atomic E-state index is -0.491. The second kappa shape index (κ2) is 6.90. The summed E-state index contributed by atoms with van der Waals surface area (Å²) in [7, 11) is 0. The van der Waals surface area contributed by atoms with Crippen molar-refractivity contribution in [1.29, 1.82) is 0 Å². The second-order valence-electron chi connectivity index (χ2n) is 5.93. The van der Waals surface area contributed by atoms with Crippen LogP contribution in [0.25, 0.3) is 11.0 Å². The normalized spacial score (nSPS) is 13.9. The van der Waals surface area contributed by atoms with E-state index in [0.717, 1.165) is 0 Å². The Labute approximate surface area is 152 Å². The van der Waals surface area contributed by atoms with Crippen LogP contribution in [0.4, 0.5) is 0 Å². The van der Waals surface area contributed by atoms with E-state index in [0.29, 0.717) is 36.1 Å². The number of rotatable bonds is 4. The van der Waals surface area contributed by atoms with Crippen molar-refractivity contribution in [3.63, 3.8) is 0 Å². The number of aromatic nitrogens is 2. The molecule has 3 amide bonds. The topological polar surface area (TPSA) is 122 Å². The number of benzene rings is 1. The highest BCUT2D eigenvalue weighted by atomic mass is 16.6. The predicted molar refractivity (Wildman–Crippen MR) is 90.2 cm³/mol. The van der Waals surface area contributed by atoms with Gasteiger partial charge in [0.25, 0.3) is 17.7 Å².